The molecule has 0 saturated carbocycles. The number of aryl methyl sites for hydroxylation is 1. The number of imidazole rings is 1. The van der Waals surface area contributed by atoms with Gasteiger partial charge in [0.2, 0.25) is 5.82 Å². The Labute approximate surface area is 180 Å². The lowest BCUT2D eigenvalue weighted by Gasteiger charge is -2.12. The molecule has 2 aromatic carbocycles. The number of hydrogen-bond donors (Lipinski definition) is 0. The fourth-order valence-electron chi connectivity index (χ4n) is 3.43. The van der Waals surface area contributed by atoms with Gasteiger partial charge in [-0.05, 0) is 37.6 Å². The molecule has 0 aliphatic heterocycles. The molecule has 0 saturated heterocycles. The summed E-state index contributed by atoms with van der Waals surface area (Å²) in [6, 6.07) is 21.1. The van der Waals surface area contributed by atoms with Gasteiger partial charge < -0.3 is 4.74 Å². The van der Waals surface area contributed by atoms with Crippen LogP contribution in [0.5, 0.6) is 0 Å². The van der Waals surface area contributed by atoms with Gasteiger partial charge in [-0.1, -0.05) is 42.5 Å². The molecule has 0 unspecified atom stereocenters. The third-order valence-electron chi connectivity index (χ3n) is 4.93. The van der Waals surface area contributed by atoms with Crippen LogP contribution in [0.4, 0.5) is 0 Å². The monoisotopic (exact) mass is 408 g/mol. The number of rotatable bonds is 5. The molecule has 0 radical (unpaired) electrons. The molecule has 6 nitrogen and oxygen atoms in total. The molecule has 4 rings (SSSR count). The number of benzene rings is 2. The Morgan fingerprint density at radius 2 is 1.90 bits per heavy atom. The standard InChI is InChI=1S/C25H20N4O2/c1-3-31-25(30)24-28-22(18-8-5-4-6-9-18)16-29(24)23-14-19(11-12-20(23)15-26)21-10-7-13-27-17(21)2/h4-14,16H,3H2,1-2H3. The van der Waals surface area contributed by atoms with Crippen LogP contribution in [-0.2, 0) is 4.74 Å². The van der Waals surface area contributed by atoms with Gasteiger partial charge in [0, 0.05) is 29.2 Å². The number of ether oxygens (including phenoxy) is 1. The van der Waals surface area contributed by atoms with Gasteiger partial charge in [0.15, 0.2) is 0 Å². The van der Waals surface area contributed by atoms with Crippen molar-refractivity contribution in [2.24, 2.45) is 0 Å². The molecule has 0 aliphatic carbocycles. The lowest BCUT2D eigenvalue weighted by molar-refractivity contribution is 0.0510. The molecule has 0 amide bonds. The Bertz CT molecular complexity index is 1290. The van der Waals surface area contributed by atoms with E-state index in [9.17, 15) is 10.1 Å². The van der Waals surface area contributed by atoms with E-state index in [0.717, 1.165) is 22.4 Å². The van der Waals surface area contributed by atoms with Gasteiger partial charge in [-0.15, -0.1) is 0 Å². The van der Waals surface area contributed by atoms with Crippen LogP contribution in [0.2, 0.25) is 0 Å². The SMILES string of the molecule is CCOC(=O)c1nc(-c2ccccc2)cn1-c1cc(-c2cccnc2C)ccc1C#N. The minimum absolute atomic E-state index is 0.122. The third-order valence-corrected chi connectivity index (χ3v) is 4.93. The van der Waals surface area contributed by atoms with Gasteiger partial charge in [0.1, 0.15) is 6.07 Å². The highest BCUT2D eigenvalue weighted by atomic mass is 16.5. The molecule has 4 aromatic rings. The Kier molecular flexibility index (Phi) is 5.59. The topological polar surface area (TPSA) is 80.8 Å². The van der Waals surface area contributed by atoms with Crippen LogP contribution >= 0.6 is 0 Å². The second-order valence-corrected chi connectivity index (χ2v) is 6.89. The molecular formula is C25H20N4O2. The van der Waals surface area contributed by atoms with Crippen molar-refractivity contribution in [3.8, 4) is 34.1 Å². The summed E-state index contributed by atoms with van der Waals surface area (Å²) in [7, 11) is 0. The number of esters is 1. The van der Waals surface area contributed by atoms with Crippen molar-refractivity contribution >= 4 is 5.97 Å². The van der Waals surface area contributed by atoms with Crippen molar-refractivity contribution in [2.45, 2.75) is 13.8 Å². The first kappa shape index (κ1) is 20.0. The molecule has 152 valence electrons. The van der Waals surface area contributed by atoms with Crippen LogP contribution in [0.3, 0.4) is 0 Å². The second kappa shape index (κ2) is 8.64. The molecule has 0 aliphatic rings. The minimum Gasteiger partial charge on any atom is -0.460 e. The lowest BCUT2D eigenvalue weighted by Crippen LogP contribution is -2.13. The van der Waals surface area contributed by atoms with E-state index >= 15 is 0 Å². The maximum atomic E-state index is 12.7. The maximum Gasteiger partial charge on any atom is 0.374 e. The summed E-state index contributed by atoms with van der Waals surface area (Å²) >= 11 is 0. The summed E-state index contributed by atoms with van der Waals surface area (Å²) in [6.07, 6.45) is 3.50. The Balaban J connectivity index is 1.93. The Morgan fingerprint density at radius 3 is 2.61 bits per heavy atom. The van der Waals surface area contributed by atoms with E-state index in [1.165, 1.54) is 0 Å². The first-order chi connectivity index (χ1) is 15.1. The van der Waals surface area contributed by atoms with Crippen LogP contribution in [0.25, 0.3) is 28.1 Å². The number of nitriles is 1. The summed E-state index contributed by atoms with van der Waals surface area (Å²) in [6.45, 7) is 3.91. The molecule has 0 atom stereocenters. The summed E-state index contributed by atoms with van der Waals surface area (Å²) in [5, 5.41) is 9.74. The van der Waals surface area contributed by atoms with Crippen molar-refractivity contribution in [1.82, 2.24) is 14.5 Å². The van der Waals surface area contributed by atoms with Crippen LogP contribution in [0.15, 0.2) is 73.1 Å². The summed E-state index contributed by atoms with van der Waals surface area (Å²) < 4.78 is 6.86. The Hall–Kier alpha value is -4.24. The molecule has 0 spiro atoms. The molecule has 0 fully saturated rings. The average Bonchev–Trinajstić information content (AvgIpc) is 3.25. The van der Waals surface area contributed by atoms with E-state index in [1.54, 1.807) is 30.0 Å². The van der Waals surface area contributed by atoms with Crippen molar-refractivity contribution in [3.05, 3.63) is 90.1 Å². The largest absolute Gasteiger partial charge is 0.460 e. The molecule has 0 bridgehead atoms. The Morgan fingerprint density at radius 1 is 1.10 bits per heavy atom. The van der Waals surface area contributed by atoms with E-state index in [4.69, 9.17) is 4.74 Å². The van der Waals surface area contributed by atoms with E-state index in [1.807, 2.05) is 61.5 Å². The lowest BCUT2D eigenvalue weighted by atomic mass is 10.0. The fraction of sp³-hybridized carbons (Fsp3) is 0.120. The fourth-order valence-corrected chi connectivity index (χ4v) is 3.43. The number of aromatic nitrogens is 3. The minimum atomic E-state index is -0.545. The molecule has 0 N–H and O–H groups in total. The zero-order chi connectivity index (χ0) is 21.8. The number of carbonyl (C=O) groups excluding carboxylic acids is 1. The van der Waals surface area contributed by atoms with Gasteiger partial charge in [0.25, 0.3) is 0 Å². The van der Waals surface area contributed by atoms with Gasteiger partial charge in [-0.25, -0.2) is 9.78 Å². The summed E-state index contributed by atoms with van der Waals surface area (Å²) in [5.41, 5.74) is 5.19. The highest BCUT2D eigenvalue weighted by Crippen LogP contribution is 2.29. The highest BCUT2D eigenvalue weighted by molar-refractivity contribution is 5.88. The van der Waals surface area contributed by atoms with Crippen molar-refractivity contribution in [3.63, 3.8) is 0 Å². The zero-order valence-electron chi connectivity index (χ0n) is 17.2. The predicted molar refractivity (Wildman–Crippen MR) is 118 cm³/mol. The number of pyridine rings is 1. The van der Waals surface area contributed by atoms with E-state index in [-0.39, 0.29) is 12.4 Å². The average molecular weight is 408 g/mol. The van der Waals surface area contributed by atoms with E-state index < -0.39 is 5.97 Å². The molecule has 2 heterocycles. The van der Waals surface area contributed by atoms with Gasteiger partial charge in [0.05, 0.1) is 23.6 Å². The molecular weight excluding hydrogens is 388 g/mol. The number of nitrogens with zero attached hydrogens (tertiary/aromatic N) is 4. The molecule has 6 heteroatoms. The van der Waals surface area contributed by atoms with Crippen LogP contribution < -0.4 is 0 Å². The quantitative estimate of drug-likeness (QED) is 0.436. The maximum absolute atomic E-state index is 12.7. The number of carbonyl (C=O) groups is 1. The van der Waals surface area contributed by atoms with Gasteiger partial charge in [-0.3, -0.25) is 9.55 Å². The smallest absolute Gasteiger partial charge is 0.374 e. The van der Waals surface area contributed by atoms with Gasteiger partial charge in [-0.2, -0.15) is 5.26 Å². The first-order valence-corrected chi connectivity index (χ1v) is 9.90. The highest BCUT2D eigenvalue weighted by Gasteiger charge is 2.21. The molecule has 31 heavy (non-hydrogen) atoms. The van der Waals surface area contributed by atoms with E-state index in [2.05, 4.69) is 16.0 Å². The van der Waals surface area contributed by atoms with Crippen LogP contribution in [-0.4, -0.2) is 27.1 Å². The van der Waals surface area contributed by atoms with E-state index in [0.29, 0.717) is 16.9 Å². The molecule has 2 aromatic heterocycles. The zero-order valence-corrected chi connectivity index (χ0v) is 17.2. The second-order valence-electron chi connectivity index (χ2n) is 6.89. The van der Waals surface area contributed by atoms with Gasteiger partial charge >= 0.3 is 5.97 Å². The predicted octanol–water partition coefficient (Wildman–Crippen LogP) is 4.96. The summed E-state index contributed by atoms with van der Waals surface area (Å²) in [5.74, 6) is -0.422. The van der Waals surface area contributed by atoms with Crippen molar-refractivity contribution in [1.29, 1.82) is 5.26 Å². The third kappa shape index (κ3) is 3.94. The first-order valence-electron chi connectivity index (χ1n) is 9.90. The number of hydrogen-bond acceptors (Lipinski definition) is 5. The van der Waals surface area contributed by atoms with Crippen LogP contribution in [0, 0.1) is 18.3 Å². The van der Waals surface area contributed by atoms with Crippen molar-refractivity contribution < 1.29 is 9.53 Å². The normalized spacial score (nSPS) is 10.5. The van der Waals surface area contributed by atoms with Crippen LogP contribution in [0.1, 0.15) is 28.8 Å². The summed E-state index contributed by atoms with van der Waals surface area (Å²) in [4.78, 5) is 21.6. The van der Waals surface area contributed by atoms with Crippen molar-refractivity contribution in [2.75, 3.05) is 6.61 Å².